The molecule has 0 spiro atoms. The molecule has 0 amide bonds. The van der Waals surface area contributed by atoms with Crippen LogP contribution in [0, 0.1) is 6.92 Å². The molecule has 4 nitrogen and oxygen atoms in total. The van der Waals surface area contributed by atoms with Gasteiger partial charge in [0.1, 0.15) is 11.5 Å². The summed E-state index contributed by atoms with van der Waals surface area (Å²) in [5.41, 5.74) is 0.558. The minimum absolute atomic E-state index is 0.00782. The Balaban J connectivity index is 2.87. The number of carboxylic acids is 1. The SMILES string of the molecule is Cc1cc(O)c(SCC(=O)O)cc1O. The third kappa shape index (κ3) is 2.56. The number of phenols is 2. The van der Waals surface area contributed by atoms with E-state index in [0.29, 0.717) is 10.5 Å². The van der Waals surface area contributed by atoms with Crippen LogP contribution in [0.5, 0.6) is 11.5 Å². The van der Waals surface area contributed by atoms with Gasteiger partial charge in [-0.15, -0.1) is 11.8 Å². The van der Waals surface area contributed by atoms with E-state index in [1.807, 2.05) is 0 Å². The van der Waals surface area contributed by atoms with Gasteiger partial charge in [0, 0.05) is 0 Å². The topological polar surface area (TPSA) is 77.8 Å². The van der Waals surface area contributed by atoms with Gasteiger partial charge in [0.2, 0.25) is 0 Å². The van der Waals surface area contributed by atoms with Crippen LogP contribution in [0.2, 0.25) is 0 Å². The molecule has 0 heterocycles. The molecular formula is C9H10O4S. The Bertz CT molecular complexity index is 362. The molecule has 0 unspecified atom stereocenters. The number of aryl methyl sites for hydroxylation is 1. The van der Waals surface area contributed by atoms with E-state index in [4.69, 9.17) is 5.11 Å². The van der Waals surface area contributed by atoms with Crippen LogP contribution in [-0.4, -0.2) is 27.0 Å². The lowest BCUT2D eigenvalue weighted by Crippen LogP contribution is -1.97. The molecule has 1 aromatic rings. The monoisotopic (exact) mass is 214 g/mol. The van der Waals surface area contributed by atoms with Crippen LogP contribution in [0.3, 0.4) is 0 Å². The van der Waals surface area contributed by atoms with Crippen LogP contribution in [0.1, 0.15) is 5.56 Å². The number of phenolic OH excluding ortho intramolecular Hbond substituents is 2. The molecule has 0 aliphatic rings. The highest BCUT2D eigenvalue weighted by molar-refractivity contribution is 8.00. The van der Waals surface area contributed by atoms with Gasteiger partial charge in [0.15, 0.2) is 0 Å². The summed E-state index contributed by atoms with van der Waals surface area (Å²) in [6, 6.07) is 2.76. The molecule has 0 aliphatic heterocycles. The Morgan fingerprint density at radius 1 is 1.36 bits per heavy atom. The minimum Gasteiger partial charge on any atom is -0.508 e. The van der Waals surface area contributed by atoms with Crippen molar-refractivity contribution < 1.29 is 20.1 Å². The number of aliphatic carboxylic acids is 1. The van der Waals surface area contributed by atoms with Crippen molar-refractivity contribution in [3.63, 3.8) is 0 Å². The van der Waals surface area contributed by atoms with Gasteiger partial charge in [-0.05, 0) is 24.6 Å². The number of rotatable bonds is 3. The maximum atomic E-state index is 10.3. The standard InChI is InChI=1S/C9H10O4S/c1-5-2-7(11)8(3-6(5)10)14-4-9(12)13/h2-3,10-11H,4H2,1H3,(H,12,13). The van der Waals surface area contributed by atoms with Gasteiger partial charge in [-0.25, -0.2) is 0 Å². The molecule has 0 aromatic heterocycles. The van der Waals surface area contributed by atoms with Gasteiger partial charge in [-0.3, -0.25) is 4.79 Å². The largest absolute Gasteiger partial charge is 0.508 e. The third-order valence-corrected chi connectivity index (χ3v) is 2.66. The molecule has 0 saturated carbocycles. The molecule has 0 fully saturated rings. The maximum absolute atomic E-state index is 10.3. The fraction of sp³-hybridized carbons (Fsp3) is 0.222. The van der Waals surface area contributed by atoms with Gasteiger partial charge in [-0.1, -0.05) is 0 Å². The van der Waals surface area contributed by atoms with Crippen molar-refractivity contribution in [2.75, 3.05) is 5.75 Å². The summed E-state index contributed by atoms with van der Waals surface area (Å²) in [6.07, 6.45) is 0. The summed E-state index contributed by atoms with van der Waals surface area (Å²) in [5.74, 6) is -1.06. The average Bonchev–Trinajstić information content (AvgIpc) is 2.09. The number of benzene rings is 1. The van der Waals surface area contributed by atoms with Crippen molar-refractivity contribution in [1.29, 1.82) is 0 Å². The lowest BCUT2D eigenvalue weighted by Gasteiger charge is -2.05. The van der Waals surface area contributed by atoms with Crippen LogP contribution in [-0.2, 0) is 4.79 Å². The second-order valence-corrected chi connectivity index (χ2v) is 3.81. The minimum atomic E-state index is -0.963. The first kappa shape index (κ1) is 10.7. The van der Waals surface area contributed by atoms with Gasteiger partial charge >= 0.3 is 5.97 Å². The van der Waals surface area contributed by atoms with Crippen molar-refractivity contribution in [3.8, 4) is 11.5 Å². The lowest BCUT2D eigenvalue weighted by molar-refractivity contribution is -0.133. The summed E-state index contributed by atoms with van der Waals surface area (Å²) >= 11 is 0.968. The van der Waals surface area contributed by atoms with E-state index in [0.717, 1.165) is 11.8 Å². The van der Waals surface area contributed by atoms with Crippen molar-refractivity contribution in [1.82, 2.24) is 0 Å². The van der Waals surface area contributed by atoms with Gasteiger partial charge in [0.05, 0.1) is 10.6 Å². The van der Waals surface area contributed by atoms with Gasteiger partial charge in [-0.2, -0.15) is 0 Å². The van der Waals surface area contributed by atoms with E-state index in [1.165, 1.54) is 12.1 Å². The summed E-state index contributed by atoms with van der Waals surface area (Å²) < 4.78 is 0. The van der Waals surface area contributed by atoms with E-state index in [9.17, 15) is 15.0 Å². The Morgan fingerprint density at radius 3 is 2.57 bits per heavy atom. The number of hydrogen-bond acceptors (Lipinski definition) is 4. The molecular weight excluding hydrogens is 204 g/mol. The highest BCUT2D eigenvalue weighted by atomic mass is 32.2. The predicted octanol–water partition coefficient (Wildman–Crippen LogP) is 1.58. The fourth-order valence-corrected chi connectivity index (χ4v) is 1.60. The number of hydrogen-bond donors (Lipinski definition) is 3. The first-order valence-corrected chi connectivity index (χ1v) is 4.86. The zero-order valence-corrected chi connectivity index (χ0v) is 8.34. The van der Waals surface area contributed by atoms with Crippen LogP contribution in [0.15, 0.2) is 17.0 Å². The first-order valence-electron chi connectivity index (χ1n) is 3.88. The second kappa shape index (κ2) is 4.23. The molecule has 0 aliphatic carbocycles. The third-order valence-electron chi connectivity index (χ3n) is 1.63. The zero-order chi connectivity index (χ0) is 10.7. The Morgan fingerprint density at radius 2 is 2.00 bits per heavy atom. The molecule has 76 valence electrons. The van der Waals surface area contributed by atoms with Crippen LogP contribution < -0.4 is 0 Å². The fourth-order valence-electron chi connectivity index (χ4n) is 0.917. The normalized spacial score (nSPS) is 10.1. The first-order chi connectivity index (χ1) is 6.50. The predicted molar refractivity (Wildman–Crippen MR) is 52.9 cm³/mol. The van der Waals surface area contributed by atoms with Gasteiger partial charge < -0.3 is 15.3 Å². The summed E-state index contributed by atoms with van der Waals surface area (Å²) in [5, 5.41) is 27.1. The molecule has 1 rings (SSSR count). The molecule has 0 saturated heterocycles. The molecule has 0 bridgehead atoms. The van der Waals surface area contributed by atoms with Crippen LogP contribution in [0.25, 0.3) is 0 Å². The second-order valence-electron chi connectivity index (χ2n) is 2.79. The van der Waals surface area contributed by atoms with Crippen LogP contribution >= 0.6 is 11.8 Å². The molecule has 0 atom stereocenters. The van der Waals surface area contributed by atoms with E-state index in [1.54, 1.807) is 6.92 Å². The lowest BCUT2D eigenvalue weighted by atomic mass is 10.2. The van der Waals surface area contributed by atoms with Crippen molar-refractivity contribution >= 4 is 17.7 Å². The van der Waals surface area contributed by atoms with Crippen molar-refractivity contribution in [3.05, 3.63) is 17.7 Å². The average molecular weight is 214 g/mol. The summed E-state index contributed by atoms with van der Waals surface area (Å²) in [6.45, 7) is 1.65. The Hall–Kier alpha value is -1.36. The number of carboxylic acid groups (broad SMARTS) is 1. The highest BCUT2D eigenvalue weighted by Crippen LogP contribution is 2.33. The molecule has 14 heavy (non-hydrogen) atoms. The number of aromatic hydroxyl groups is 2. The maximum Gasteiger partial charge on any atom is 0.313 e. The molecule has 0 radical (unpaired) electrons. The Kier molecular flexibility index (Phi) is 3.24. The Labute approximate surface area is 85.2 Å². The van der Waals surface area contributed by atoms with E-state index < -0.39 is 5.97 Å². The van der Waals surface area contributed by atoms with E-state index in [-0.39, 0.29) is 17.3 Å². The number of thioether (sulfide) groups is 1. The molecule has 3 N–H and O–H groups in total. The van der Waals surface area contributed by atoms with Crippen molar-refractivity contribution in [2.45, 2.75) is 11.8 Å². The zero-order valence-electron chi connectivity index (χ0n) is 7.52. The smallest absolute Gasteiger partial charge is 0.313 e. The van der Waals surface area contributed by atoms with Crippen molar-refractivity contribution in [2.24, 2.45) is 0 Å². The van der Waals surface area contributed by atoms with Gasteiger partial charge in [0.25, 0.3) is 0 Å². The molecule has 1 aromatic carbocycles. The van der Waals surface area contributed by atoms with Crippen LogP contribution in [0.4, 0.5) is 0 Å². The summed E-state index contributed by atoms with van der Waals surface area (Å²) in [7, 11) is 0. The number of carbonyl (C=O) groups is 1. The van der Waals surface area contributed by atoms with E-state index >= 15 is 0 Å². The summed E-state index contributed by atoms with van der Waals surface area (Å²) in [4.78, 5) is 10.6. The van der Waals surface area contributed by atoms with E-state index in [2.05, 4.69) is 0 Å². The quantitative estimate of drug-likeness (QED) is 0.526. The molecule has 5 heteroatoms. The highest BCUT2D eigenvalue weighted by Gasteiger charge is 2.08.